The molecule has 3 rings (SSSR count). The third kappa shape index (κ3) is 3.60. The van der Waals surface area contributed by atoms with Gasteiger partial charge < -0.3 is 4.89 Å². The fourth-order valence-corrected chi connectivity index (χ4v) is 5.26. The number of hydrogen-bond donors (Lipinski definition) is 1. The number of rotatable bonds is 5. The van der Waals surface area contributed by atoms with Gasteiger partial charge in [0.05, 0.1) is 0 Å². The van der Waals surface area contributed by atoms with Crippen molar-refractivity contribution in [3.63, 3.8) is 0 Å². The van der Waals surface area contributed by atoms with Gasteiger partial charge in [0.2, 0.25) is 13.3 Å². The molecular formula is C18H16ClN2O3PS. The van der Waals surface area contributed by atoms with Crippen LogP contribution in [0.25, 0.3) is 10.1 Å². The summed E-state index contributed by atoms with van der Waals surface area (Å²) in [7, 11) is -3.83. The average Bonchev–Trinajstić information content (AvgIpc) is 2.98. The molecule has 0 fully saturated rings. The monoisotopic (exact) mass is 406 g/mol. The molecule has 0 radical (unpaired) electrons. The van der Waals surface area contributed by atoms with Gasteiger partial charge in [-0.1, -0.05) is 24.2 Å². The Morgan fingerprint density at radius 2 is 2.19 bits per heavy atom. The quantitative estimate of drug-likeness (QED) is 0.600. The first kappa shape index (κ1) is 18.8. The molecule has 2 atom stereocenters. The number of hydrogen-bond acceptors (Lipinski definition) is 4. The molecule has 8 heteroatoms. The highest BCUT2D eigenvalue weighted by atomic mass is 35.5. The second-order valence-electron chi connectivity index (χ2n) is 5.76. The van der Waals surface area contributed by atoms with E-state index in [0.717, 1.165) is 4.70 Å². The summed E-state index contributed by atoms with van der Waals surface area (Å²) >= 11 is 7.48. The number of aromatic nitrogens is 1. The van der Waals surface area contributed by atoms with Gasteiger partial charge in [-0.15, -0.1) is 11.3 Å². The highest BCUT2D eigenvalue weighted by molar-refractivity contribution is 7.58. The maximum atomic E-state index is 13.2. The third-order valence-corrected chi connectivity index (χ3v) is 6.56. The van der Waals surface area contributed by atoms with E-state index in [2.05, 4.69) is 11.6 Å². The fraction of sp³-hybridized carbons (Fsp3) is 0.111. The van der Waals surface area contributed by atoms with E-state index in [4.69, 9.17) is 11.6 Å². The molecule has 1 aromatic carbocycles. The third-order valence-electron chi connectivity index (χ3n) is 3.89. The van der Waals surface area contributed by atoms with Crippen molar-refractivity contribution in [2.75, 3.05) is 11.6 Å². The molecule has 26 heavy (non-hydrogen) atoms. The van der Waals surface area contributed by atoms with Crippen LogP contribution in [0.3, 0.4) is 0 Å². The van der Waals surface area contributed by atoms with E-state index < -0.39 is 18.9 Å². The van der Waals surface area contributed by atoms with E-state index in [0.29, 0.717) is 21.8 Å². The van der Waals surface area contributed by atoms with Crippen LogP contribution < -0.4 is 4.90 Å². The first-order chi connectivity index (χ1) is 12.3. The summed E-state index contributed by atoms with van der Waals surface area (Å²) in [6.07, 6.45) is 2.84. The molecule has 0 saturated carbocycles. The number of nitrogens with zero attached hydrogens (tertiary/aromatic N) is 2. The minimum atomic E-state index is -3.83. The van der Waals surface area contributed by atoms with E-state index in [1.165, 1.54) is 29.1 Å². The lowest BCUT2D eigenvalue weighted by atomic mass is 10.1. The maximum Gasteiger partial charge on any atom is 0.249 e. The zero-order valence-electron chi connectivity index (χ0n) is 13.9. The molecule has 134 valence electrons. The van der Waals surface area contributed by atoms with E-state index in [9.17, 15) is 14.3 Å². The summed E-state index contributed by atoms with van der Waals surface area (Å²) in [6, 6.07) is 10.4. The van der Waals surface area contributed by atoms with Crippen molar-refractivity contribution < 1.29 is 14.3 Å². The average molecular weight is 407 g/mol. The van der Waals surface area contributed by atoms with Crippen LogP contribution in [0.15, 0.2) is 60.8 Å². The Morgan fingerprint density at radius 1 is 1.42 bits per heavy atom. The van der Waals surface area contributed by atoms with Gasteiger partial charge in [-0.05, 0) is 46.7 Å². The number of amides is 1. The van der Waals surface area contributed by atoms with Crippen molar-refractivity contribution in [1.82, 2.24) is 4.98 Å². The van der Waals surface area contributed by atoms with Crippen LogP contribution >= 0.6 is 30.3 Å². The van der Waals surface area contributed by atoms with E-state index in [1.54, 1.807) is 41.9 Å². The van der Waals surface area contributed by atoms with Crippen molar-refractivity contribution >= 4 is 52.1 Å². The van der Waals surface area contributed by atoms with Crippen molar-refractivity contribution in [1.29, 1.82) is 0 Å². The second-order valence-corrected chi connectivity index (χ2v) is 9.51. The number of carbonyl (C=O) groups excluding carboxylic acids is 1. The van der Waals surface area contributed by atoms with E-state index in [1.807, 2.05) is 6.07 Å². The normalized spacial score (nSPS) is 14.6. The van der Waals surface area contributed by atoms with Crippen LogP contribution in [-0.4, -0.2) is 22.4 Å². The molecule has 0 aliphatic rings. The Hall–Kier alpha value is -1.98. The van der Waals surface area contributed by atoms with Gasteiger partial charge in [0, 0.05) is 28.8 Å². The van der Waals surface area contributed by atoms with Crippen LogP contribution in [0, 0.1) is 0 Å². The highest BCUT2D eigenvalue weighted by Crippen LogP contribution is 2.55. The smallest absolute Gasteiger partial charge is 0.249 e. The second kappa shape index (κ2) is 7.33. The largest absolute Gasteiger partial charge is 0.344 e. The Labute approximate surface area is 160 Å². The van der Waals surface area contributed by atoms with Crippen LogP contribution in [0.5, 0.6) is 0 Å². The molecule has 0 bridgehead atoms. The standard InChI is InChI=1S/C18H16ClN2O3PS/c1-3-21(16-6-4-5-9-20-16)18(22)17(25(2,23)24)14-11-26-15-8-7-12(19)10-13(14)15/h3-11,17H,1H2,2H3,(H,23,24). The molecule has 1 amide bonds. The zero-order valence-corrected chi connectivity index (χ0v) is 16.3. The van der Waals surface area contributed by atoms with Gasteiger partial charge in [0.1, 0.15) is 11.5 Å². The zero-order chi connectivity index (χ0) is 18.9. The Kier molecular flexibility index (Phi) is 5.30. The van der Waals surface area contributed by atoms with Gasteiger partial charge in [-0.3, -0.25) is 14.3 Å². The molecule has 0 aliphatic heterocycles. The molecule has 2 aromatic heterocycles. The van der Waals surface area contributed by atoms with Gasteiger partial charge >= 0.3 is 0 Å². The number of halogens is 1. The predicted octanol–water partition coefficient (Wildman–Crippen LogP) is 5.07. The summed E-state index contributed by atoms with van der Waals surface area (Å²) in [5.74, 6) is -0.227. The number of benzene rings is 1. The molecule has 0 spiro atoms. The molecular weight excluding hydrogens is 391 g/mol. The van der Waals surface area contributed by atoms with E-state index >= 15 is 0 Å². The molecule has 2 heterocycles. The van der Waals surface area contributed by atoms with Crippen molar-refractivity contribution in [3.8, 4) is 0 Å². The number of anilines is 1. The number of fused-ring (bicyclic) bond motifs is 1. The first-order valence-corrected chi connectivity index (χ1v) is 11.1. The predicted molar refractivity (Wildman–Crippen MR) is 107 cm³/mol. The van der Waals surface area contributed by atoms with Gasteiger partial charge in [-0.25, -0.2) is 4.98 Å². The van der Waals surface area contributed by atoms with Crippen LogP contribution in [0.2, 0.25) is 5.02 Å². The Morgan fingerprint density at radius 3 is 2.81 bits per heavy atom. The first-order valence-electron chi connectivity index (χ1n) is 7.66. The summed E-state index contributed by atoms with van der Waals surface area (Å²) in [4.78, 5) is 28.9. The lowest BCUT2D eigenvalue weighted by Gasteiger charge is -2.25. The minimum Gasteiger partial charge on any atom is -0.344 e. The van der Waals surface area contributed by atoms with Crippen molar-refractivity contribution in [2.24, 2.45) is 0 Å². The topological polar surface area (TPSA) is 70.5 Å². The number of thiophene rings is 1. The summed E-state index contributed by atoms with van der Waals surface area (Å²) in [5.41, 5.74) is -0.761. The summed E-state index contributed by atoms with van der Waals surface area (Å²) < 4.78 is 13.5. The van der Waals surface area contributed by atoms with Crippen LogP contribution in [0.4, 0.5) is 5.82 Å². The van der Waals surface area contributed by atoms with Gasteiger partial charge in [0.15, 0.2) is 0 Å². The highest BCUT2D eigenvalue weighted by Gasteiger charge is 2.39. The van der Waals surface area contributed by atoms with E-state index in [-0.39, 0.29) is 0 Å². The minimum absolute atomic E-state index is 0.337. The molecule has 3 aromatic rings. The molecule has 1 N–H and O–H groups in total. The van der Waals surface area contributed by atoms with Gasteiger partial charge in [-0.2, -0.15) is 0 Å². The van der Waals surface area contributed by atoms with Crippen molar-refractivity contribution in [3.05, 3.63) is 71.3 Å². The fourth-order valence-electron chi connectivity index (χ4n) is 2.75. The number of carbonyl (C=O) groups is 1. The Balaban J connectivity index is 2.14. The molecule has 2 unspecified atom stereocenters. The van der Waals surface area contributed by atoms with Crippen LogP contribution in [0.1, 0.15) is 11.2 Å². The van der Waals surface area contributed by atoms with Crippen LogP contribution in [-0.2, 0) is 9.36 Å². The van der Waals surface area contributed by atoms with Crippen molar-refractivity contribution in [2.45, 2.75) is 5.66 Å². The molecule has 0 saturated heterocycles. The van der Waals surface area contributed by atoms with Gasteiger partial charge in [0.25, 0.3) is 0 Å². The number of pyridine rings is 1. The summed E-state index contributed by atoms with van der Waals surface area (Å²) in [5, 5.41) is 2.93. The Bertz CT molecular complexity index is 1020. The maximum absolute atomic E-state index is 13.2. The molecule has 0 aliphatic carbocycles. The lowest BCUT2D eigenvalue weighted by molar-refractivity contribution is -0.117. The lowest BCUT2D eigenvalue weighted by Crippen LogP contribution is -2.31. The SMILES string of the molecule is C=CN(C(=O)C(c1csc2ccc(Cl)cc12)P(C)(=O)O)c1ccccn1. The molecule has 5 nitrogen and oxygen atoms in total. The summed E-state index contributed by atoms with van der Waals surface area (Å²) in [6.45, 7) is 4.84.